The Balaban J connectivity index is 1.84. The molecule has 1 aromatic rings. The molecule has 6 nitrogen and oxygen atoms in total. The van der Waals surface area contributed by atoms with Crippen molar-refractivity contribution in [2.75, 3.05) is 13.7 Å². The van der Waals surface area contributed by atoms with Crippen LogP contribution >= 0.6 is 0 Å². The lowest BCUT2D eigenvalue weighted by Crippen LogP contribution is -2.48. The van der Waals surface area contributed by atoms with Gasteiger partial charge in [-0.05, 0) is 44.2 Å². The summed E-state index contributed by atoms with van der Waals surface area (Å²) in [5, 5.41) is 3.04. The van der Waals surface area contributed by atoms with Gasteiger partial charge in [-0.2, -0.15) is 4.31 Å². The molecule has 1 saturated carbocycles. The highest BCUT2D eigenvalue weighted by Crippen LogP contribution is 2.30. The van der Waals surface area contributed by atoms with E-state index in [2.05, 4.69) is 5.32 Å². The molecule has 0 aromatic heterocycles. The van der Waals surface area contributed by atoms with E-state index < -0.39 is 16.1 Å². The minimum atomic E-state index is -3.74. The van der Waals surface area contributed by atoms with Gasteiger partial charge in [-0.3, -0.25) is 4.79 Å². The van der Waals surface area contributed by atoms with Gasteiger partial charge in [-0.15, -0.1) is 0 Å². The highest BCUT2D eigenvalue weighted by atomic mass is 32.2. The van der Waals surface area contributed by atoms with Crippen LogP contribution in [0.25, 0.3) is 0 Å². The smallest absolute Gasteiger partial charge is 0.244 e. The van der Waals surface area contributed by atoms with Crippen molar-refractivity contribution in [3.63, 3.8) is 0 Å². The number of hydrogen-bond acceptors (Lipinski definition) is 4. The molecule has 0 spiro atoms. The van der Waals surface area contributed by atoms with Crippen molar-refractivity contribution in [3.05, 3.63) is 23.8 Å². The van der Waals surface area contributed by atoms with Crippen molar-refractivity contribution < 1.29 is 17.9 Å². The highest BCUT2D eigenvalue weighted by molar-refractivity contribution is 7.89. The Morgan fingerprint density at radius 2 is 1.92 bits per heavy atom. The Morgan fingerprint density at radius 1 is 1.20 bits per heavy atom. The number of carbonyl (C=O) groups excluding carboxylic acids is 1. The summed E-state index contributed by atoms with van der Waals surface area (Å²) < 4.78 is 32.9. The molecule has 3 rings (SSSR count). The molecule has 1 saturated heterocycles. The van der Waals surface area contributed by atoms with Crippen LogP contribution in [0.4, 0.5) is 0 Å². The maximum Gasteiger partial charge on any atom is 0.244 e. The minimum Gasteiger partial charge on any atom is -0.497 e. The van der Waals surface area contributed by atoms with E-state index in [1.807, 2.05) is 0 Å². The third kappa shape index (κ3) is 3.67. The predicted octanol–water partition coefficient (Wildman–Crippen LogP) is 2.22. The van der Waals surface area contributed by atoms with E-state index in [0.29, 0.717) is 30.7 Å². The van der Waals surface area contributed by atoms with Gasteiger partial charge in [0.15, 0.2) is 0 Å². The van der Waals surface area contributed by atoms with Crippen molar-refractivity contribution in [1.29, 1.82) is 0 Å². The summed E-state index contributed by atoms with van der Waals surface area (Å²) in [4.78, 5) is 12.9. The van der Waals surface area contributed by atoms with E-state index in [0.717, 1.165) is 25.7 Å². The average molecular weight is 366 g/mol. The molecule has 1 aromatic carbocycles. The van der Waals surface area contributed by atoms with Crippen LogP contribution < -0.4 is 10.1 Å². The number of benzene rings is 1. The monoisotopic (exact) mass is 366 g/mol. The third-order valence-electron chi connectivity index (χ3n) is 5.19. The lowest BCUT2D eigenvalue weighted by molar-refractivity contribution is -0.124. The second-order valence-corrected chi connectivity index (χ2v) is 8.75. The second-order valence-electron chi connectivity index (χ2n) is 6.90. The zero-order valence-corrected chi connectivity index (χ0v) is 15.6. The van der Waals surface area contributed by atoms with Crippen LogP contribution in [-0.4, -0.2) is 44.4 Å². The first kappa shape index (κ1) is 18.2. The molecule has 1 heterocycles. The van der Waals surface area contributed by atoms with Crippen molar-refractivity contribution in [1.82, 2.24) is 9.62 Å². The van der Waals surface area contributed by atoms with Gasteiger partial charge in [-0.25, -0.2) is 8.42 Å². The SMILES string of the molecule is COc1ccc(C)c(S(=O)(=O)N2CCC[C@@H]2C(=O)NC2CCCC2)c1. The zero-order chi connectivity index (χ0) is 18.0. The maximum atomic E-state index is 13.2. The first-order valence-electron chi connectivity index (χ1n) is 8.90. The molecule has 1 N–H and O–H groups in total. The van der Waals surface area contributed by atoms with Gasteiger partial charge in [0.05, 0.1) is 12.0 Å². The lowest BCUT2D eigenvalue weighted by atomic mass is 10.2. The number of carbonyl (C=O) groups is 1. The number of aryl methyl sites for hydroxylation is 1. The Labute approximate surface area is 149 Å². The van der Waals surface area contributed by atoms with Crippen LogP contribution in [0, 0.1) is 6.92 Å². The molecule has 0 bridgehead atoms. The quantitative estimate of drug-likeness (QED) is 0.867. The molecule has 0 unspecified atom stereocenters. The van der Waals surface area contributed by atoms with Crippen LogP contribution in [0.5, 0.6) is 5.75 Å². The fraction of sp³-hybridized carbons (Fsp3) is 0.611. The Kier molecular flexibility index (Phi) is 5.34. The molecule has 1 aliphatic heterocycles. The molecule has 1 aliphatic carbocycles. The van der Waals surface area contributed by atoms with E-state index in [4.69, 9.17) is 4.74 Å². The number of sulfonamides is 1. The van der Waals surface area contributed by atoms with E-state index in [-0.39, 0.29) is 16.8 Å². The zero-order valence-electron chi connectivity index (χ0n) is 14.8. The van der Waals surface area contributed by atoms with Crippen LogP contribution in [0.15, 0.2) is 23.1 Å². The Bertz CT molecular complexity index is 741. The van der Waals surface area contributed by atoms with Crippen LogP contribution in [0.2, 0.25) is 0 Å². The maximum absolute atomic E-state index is 13.2. The molecule has 2 fully saturated rings. The summed E-state index contributed by atoms with van der Waals surface area (Å²) >= 11 is 0. The van der Waals surface area contributed by atoms with E-state index >= 15 is 0 Å². The molecular weight excluding hydrogens is 340 g/mol. The van der Waals surface area contributed by atoms with Crippen LogP contribution in [0.3, 0.4) is 0 Å². The first-order valence-corrected chi connectivity index (χ1v) is 10.3. The van der Waals surface area contributed by atoms with Gasteiger partial charge < -0.3 is 10.1 Å². The topological polar surface area (TPSA) is 75.7 Å². The van der Waals surface area contributed by atoms with Crippen molar-refractivity contribution in [2.45, 2.75) is 62.4 Å². The van der Waals surface area contributed by atoms with Crippen molar-refractivity contribution >= 4 is 15.9 Å². The number of nitrogens with zero attached hydrogens (tertiary/aromatic N) is 1. The summed E-state index contributed by atoms with van der Waals surface area (Å²) in [6.07, 6.45) is 5.49. The molecule has 2 aliphatic rings. The molecule has 1 amide bonds. The van der Waals surface area contributed by atoms with Crippen molar-refractivity contribution in [2.24, 2.45) is 0 Å². The van der Waals surface area contributed by atoms with Crippen molar-refractivity contribution in [3.8, 4) is 5.75 Å². The second kappa shape index (κ2) is 7.33. The largest absolute Gasteiger partial charge is 0.497 e. The number of rotatable bonds is 5. The molecular formula is C18H26N2O4S. The summed E-state index contributed by atoms with van der Waals surface area (Å²) in [6.45, 7) is 2.14. The van der Waals surface area contributed by atoms with Crippen LogP contribution in [0.1, 0.15) is 44.1 Å². The summed E-state index contributed by atoms with van der Waals surface area (Å²) in [6, 6.07) is 4.58. The average Bonchev–Trinajstić information content (AvgIpc) is 3.26. The van der Waals surface area contributed by atoms with Gasteiger partial charge in [-0.1, -0.05) is 18.9 Å². The number of nitrogens with one attached hydrogen (secondary N) is 1. The Morgan fingerprint density at radius 3 is 2.60 bits per heavy atom. The van der Waals surface area contributed by atoms with Gasteiger partial charge in [0.2, 0.25) is 15.9 Å². The standard InChI is InChI=1S/C18H26N2O4S/c1-13-9-10-15(24-2)12-17(13)25(22,23)20-11-5-8-16(20)18(21)19-14-6-3-4-7-14/h9-10,12,14,16H,3-8,11H2,1-2H3,(H,19,21)/t16-/m1/s1. The van der Waals surface area contributed by atoms with E-state index in [9.17, 15) is 13.2 Å². The normalized spacial score (nSPS) is 22.2. The van der Waals surface area contributed by atoms with E-state index in [1.54, 1.807) is 19.1 Å². The summed E-state index contributed by atoms with van der Waals surface area (Å²) in [5.74, 6) is 0.337. The highest BCUT2D eigenvalue weighted by Gasteiger charge is 2.40. The first-order chi connectivity index (χ1) is 11.9. The number of hydrogen-bond donors (Lipinski definition) is 1. The molecule has 1 atom stereocenters. The minimum absolute atomic E-state index is 0.159. The fourth-order valence-corrected chi connectivity index (χ4v) is 5.67. The third-order valence-corrected chi connectivity index (χ3v) is 7.24. The molecule has 7 heteroatoms. The fourth-order valence-electron chi connectivity index (χ4n) is 3.77. The van der Waals surface area contributed by atoms with Gasteiger partial charge >= 0.3 is 0 Å². The molecule has 25 heavy (non-hydrogen) atoms. The van der Waals surface area contributed by atoms with Crippen LogP contribution in [-0.2, 0) is 14.8 Å². The number of amides is 1. The molecule has 0 radical (unpaired) electrons. The molecule has 138 valence electrons. The summed E-state index contributed by atoms with van der Waals surface area (Å²) in [7, 11) is -2.23. The van der Waals surface area contributed by atoms with Gasteiger partial charge in [0, 0.05) is 18.7 Å². The predicted molar refractivity (Wildman–Crippen MR) is 95.0 cm³/mol. The van der Waals surface area contributed by atoms with Gasteiger partial charge in [0.25, 0.3) is 0 Å². The Hall–Kier alpha value is -1.60. The number of methoxy groups -OCH3 is 1. The van der Waals surface area contributed by atoms with Gasteiger partial charge in [0.1, 0.15) is 11.8 Å². The number of ether oxygens (including phenoxy) is 1. The summed E-state index contributed by atoms with van der Waals surface area (Å²) in [5.41, 5.74) is 0.655. The van der Waals surface area contributed by atoms with E-state index in [1.165, 1.54) is 17.5 Å². The lowest BCUT2D eigenvalue weighted by Gasteiger charge is -2.25.